The van der Waals surface area contributed by atoms with E-state index in [1.807, 2.05) is 12.1 Å². The smallest absolute Gasteiger partial charge is 0.237 e. The molecule has 32 heavy (non-hydrogen) atoms. The number of methoxy groups -OCH3 is 1. The van der Waals surface area contributed by atoms with Crippen LogP contribution in [0.25, 0.3) is 0 Å². The molecule has 172 valence electrons. The highest BCUT2D eigenvalue weighted by molar-refractivity contribution is 5.82. The van der Waals surface area contributed by atoms with Crippen LogP contribution in [0.4, 0.5) is 5.69 Å². The van der Waals surface area contributed by atoms with Gasteiger partial charge in [-0.15, -0.1) is 0 Å². The van der Waals surface area contributed by atoms with Gasteiger partial charge in [0.25, 0.3) is 0 Å². The van der Waals surface area contributed by atoms with Gasteiger partial charge in [0, 0.05) is 51.0 Å². The molecule has 1 atom stereocenters. The predicted octanol–water partition coefficient (Wildman–Crippen LogP) is 2.99. The van der Waals surface area contributed by atoms with Crippen LogP contribution in [0.15, 0.2) is 54.6 Å². The van der Waals surface area contributed by atoms with Crippen LogP contribution in [0.3, 0.4) is 0 Å². The summed E-state index contributed by atoms with van der Waals surface area (Å²) in [6, 6.07) is 18.8. The molecular weight excluding hydrogens is 400 g/mol. The molecule has 1 amide bonds. The lowest BCUT2D eigenvalue weighted by Gasteiger charge is -2.36. The Morgan fingerprint density at radius 2 is 1.84 bits per heavy atom. The number of hydrogen-bond donors (Lipinski definition) is 1. The van der Waals surface area contributed by atoms with Crippen LogP contribution < -0.4 is 15.0 Å². The number of nitrogens with one attached hydrogen (secondary N) is 1. The molecule has 0 spiro atoms. The third-order valence-corrected chi connectivity index (χ3v) is 6.64. The zero-order chi connectivity index (χ0) is 22.2. The van der Waals surface area contributed by atoms with Crippen molar-refractivity contribution >= 4 is 11.6 Å². The Morgan fingerprint density at radius 3 is 2.62 bits per heavy atom. The standard InChI is InChI=1S/C26H36N4O2/c1-32-24-11-5-10-23(20-24)29-18-16-28(17-19-29)14-7-13-27-26(31)25-12-6-15-30(25)21-22-8-3-2-4-9-22/h2-5,8-11,20,25H,6-7,12-19,21H2,1H3,(H,27,31). The Bertz CT molecular complexity index is 852. The van der Waals surface area contributed by atoms with E-state index in [2.05, 4.69) is 62.5 Å². The molecule has 2 heterocycles. The van der Waals surface area contributed by atoms with Crippen LogP contribution in [0.1, 0.15) is 24.8 Å². The average molecular weight is 437 g/mol. The van der Waals surface area contributed by atoms with Crippen LogP contribution in [-0.2, 0) is 11.3 Å². The minimum atomic E-state index is 0.0154. The molecule has 2 aliphatic rings. The molecule has 0 aromatic heterocycles. The predicted molar refractivity (Wildman–Crippen MR) is 129 cm³/mol. The summed E-state index contributed by atoms with van der Waals surface area (Å²) < 4.78 is 5.35. The number of benzene rings is 2. The van der Waals surface area contributed by atoms with Gasteiger partial charge >= 0.3 is 0 Å². The van der Waals surface area contributed by atoms with E-state index in [0.29, 0.717) is 0 Å². The molecule has 2 fully saturated rings. The zero-order valence-corrected chi connectivity index (χ0v) is 19.2. The van der Waals surface area contributed by atoms with Crippen molar-refractivity contribution in [2.75, 3.05) is 57.8 Å². The van der Waals surface area contributed by atoms with Gasteiger partial charge in [0.15, 0.2) is 0 Å². The normalized spacial score (nSPS) is 19.8. The zero-order valence-electron chi connectivity index (χ0n) is 19.2. The SMILES string of the molecule is COc1cccc(N2CCN(CCCNC(=O)C3CCCN3Cc3ccccc3)CC2)c1. The highest BCUT2D eigenvalue weighted by atomic mass is 16.5. The number of anilines is 1. The van der Waals surface area contributed by atoms with E-state index in [9.17, 15) is 4.79 Å². The van der Waals surface area contributed by atoms with E-state index < -0.39 is 0 Å². The second-order valence-electron chi connectivity index (χ2n) is 8.79. The van der Waals surface area contributed by atoms with E-state index in [1.165, 1.54) is 11.3 Å². The molecule has 6 nitrogen and oxygen atoms in total. The molecule has 0 bridgehead atoms. The highest BCUT2D eigenvalue weighted by Crippen LogP contribution is 2.22. The van der Waals surface area contributed by atoms with Crippen molar-refractivity contribution in [3.8, 4) is 5.75 Å². The van der Waals surface area contributed by atoms with Crippen LogP contribution in [-0.4, -0.2) is 74.7 Å². The second-order valence-corrected chi connectivity index (χ2v) is 8.79. The number of amides is 1. The van der Waals surface area contributed by atoms with Crippen LogP contribution in [0.5, 0.6) is 5.75 Å². The maximum Gasteiger partial charge on any atom is 0.237 e. The van der Waals surface area contributed by atoms with Gasteiger partial charge < -0.3 is 15.0 Å². The Kier molecular flexibility index (Phi) is 8.02. The van der Waals surface area contributed by atoms with Crippen molar-refractivity contribution < 1.29 is 9.53 Å². The van der Waals surface area contributed by atoms with Crippen LogP contribution >= 0.6 is 0 Å². The molecule has 4 rings (SSSR count). The van der Waals surface area contributed by atoms with E-state index in [4.69, 9.17) is 4.74 Å². The first-order chi connectivity index (χ1) is 15.7. The maximum atomic E-state index is 12.8. The number of ether oxygens (including phenoxy) is 1. The van der Waals surface area contributed by atoms with Gasteiger partial charge in [-0.3, -0.25) is 14.6 Å². The number of piperazine rings is 1. The van der Waals surface area contributed by atoms with Gasteiger partial charge in [-0.2, -0.15) is 0 Å². The van der Waals surface area contributed by atoms with E-state index in [1.54, 1.807) is 7.11 Å². The summed E-state index contributed by atoms with van der Waals surface area (Å²) in [6.07, 6.45) is 3.06. The third-order valence-electron chi connectivity index (χ3n) is 6.64. The van der Waals surface area contributed by atoms with Crippen LogP contribution in [0.2, 0.25) is 0 Å². The van der Waals surface area contributed by atoms with Crippen molar-refractivity contribution in [1.29, 1.82) is 0 Å². The van der Waals surface area contributed by atoms with E-state index in [-0.39, 0.29) is 11.9 Å². The quantitative estimate of drug-likeness (QED) is 0.613. The van der Waals surface area contributed by atoms with Crippen molar-refractivity contribution in [3.05, 3.63) is 60.2 Å². The van der Waals surface area contributed by atoms with Gasteiger partial charge in [-0.25, -0.2) is 0 Å². The van der Waals surface area contributed by atoms with Crippen molar-refractivity contribution in [2.24, 2.45) is 0 Å². The van der Waals surface area contributed by atoms with Gasteiger partial charge in [0.2, 0.25) is 5.91 Å². The fourth-order valence-corrected chi connectivity index (χ4v) is 4.80. The Labute approximate surface area is 192 Å². The number of rotatable bonds is 9. The fraction of sp³-hybridized carbons (Fsp3) is 0.500. The minimum absolute atomic E-state index is 0.0154. The summed E-state index contributed by atoms with van der Waals surface area (Å²) in [5, 5.41) is 3.20. The largest absolute Gasteiger partial charge is 0.497 e. The van der Waals surface area contributed by atoms with E-state index in [0.717, 1.165) is 77.4 Å². The topological polar surface area (TPSA) is 48.1 Å². The number of nitrogens with zero attached hydrogens (tertiary/aromatic N) is 3. The van der Waals surface area contributed by atoms with Crippen molar-refractivity contribution in [3.63, 3.8) is 0 Å². The summed E-state index contributed by atoms with van der Waals surface area (Å²) >= 11 is 0. The van der Waals surface area contributed by atoms with Crippen molar-refractivity contribution in [1.82, 2.24) is 15.1 Å². The first kappa shape index (κ1) is 22.6. The molecule has 2 aromatic rings. The van der Waals surface area contributed by atoms with Gasteiger partial charge in [0.05, 0.1) is 13.2 Å². The van der Waals surface area contributed by atoms with Gasteiger partial charge in [-0.05, 0) is 50.0 Å². The van der Waals surface area contributed by atoms with Gasteiger partial charge in [0.1, 0.15) is 5.75 Å². The number of hydrogen-bond acceptors (Lipinski definition) is 5. The summed E-state index contributed by atoms with van der Waals surface area (Å²) in [5.41, 5.74) is 2.51. The van der Waals surface area contributed by atoms with Gasteiger partial charge in [-0.1, -0.05) is 36.4 Å². The van der Waals surface area contributed by atoms with E-state index >= 15 is 0 Å². The molecule has 0 aliphatic carbocycles. The van der Waals surface area contributed by atoms with Crippen molar-refractivity contribution in [2.45, 2.75) is 31.8 Å². The van der Waals surface area contributed by atoms with Crippen LogP contribution in [0, 0.1) is 0 Å². The molecule has 2 saturated heterocycles. The first-order valence-corrected chi connectivity index (χ1v) is 11.9. The number of carbonyl (C=O) groups excluding carboxylic acids is 1. The lowest BCUT2D eigenvalue weighted by molar-refractivity contribution is -0.125. The number of carbonyl (C=O) groups is 1. The Morgan fingerprint density at radius 1 is 1.03 bits per heavy atom. The minimum Gasteiger partial charge on any atom is -0.497 e. The fourth-order valence-electron chi connectivity index (χ4n) is 4.80. The average Bonchev–Trinajstić information content (AvgIpc) is 3.31. The molecule has 2 aliphatic heterocycles. The monoisotopic (exact) mass is 436 g/mol. The summed E-state index contributed by atoms with van der Waals surface area (Å²) in [5.74, 6) is 1.10. The summed E-state index contributed by atoms with van der Waals surface area (Å²) in [4.78, 5) is 20.0. The molecule has 0 radical (unpaired) electrons. The highest BCUT2D eigenvalue weighted by Gasteiger charge is 2.30. The molecule has 0 saturated carbocycles. The molecule has 1 unspecified atom stereocenters. The first-order valence-electron chi connectivity index (χ1n) is 11.9. The summed E-state index contributed by atoms with van der Waals surface area (Å²) in [7, 11) is 1.71. The lowest BCUT2D eigenvalue weighted by atomic mass is 10.1. The Hall–Kier alpha value is -2.57. The molecule has 1 N–H and O–H groups in total. The summed E-state index contributed by atoms with van der Waals surface area (Å²) in [6.45, 7) is 7.81. The molecule has 2 aromatic carbocycles. The number of likely N-dealkylation sites (tertiary alicyclic amines) is 1. The molecular formula is C26H36N4O2. The Balaban J connectivity index is 1.14. The second kappa shape index (κ2) is 11.3. The lowest BCUT2D eigenvalue weighted by Crippen LogP contribution is -2.47. The maximum absolute atomic E-state index is 12.8. The third kappa shape index (κ3) is 6.02. The molecule has 6 heteroatoms.